The standard InChI is InChI=1S/C19H19F3N2O2S/c20-19(21,22)16-7-9-17(10-8-16)24-13-14(4-3-11-23-27(25)26)12-15-5-1-2-6-18(15)24/h1-3,5-11,14,27H,4,12-13H2,(H,23,25,26). The van der Waals surface area contributed by atoms with E-state index in [-0.39, 0.29) is 5.92 Å². The van der Waals surface area contributed by atoms with Gasteiger partial charge < -0.3 is 4.90 Å². The lowest BCUT2D eigenvalue weighted by molar-refractivity contribution is -0.137. The number of fused-ring (bicyclic) bond motifs is 1. The number of alkyl halides is 3. The van der Waals surface area contributed by atoms with Crippen molar-refractivity contribution in [3.05, 3.63) is 71.9 Å². The summed E-state index contributed by atoms with van der Waals surface area (Å²) in [5.74, 6) is 0.213. The zero-order valence-corrected chi connectivity index (χ0v) is 15.2. The third-order valence-electron chi connectivity index (χ3n) is 4.51. The fourth-order valence-electron chi connectivity index (χ4n) is 3.29. The molecule has 0 saturated heterocycles. The Labute approximate surface area is 157 Å². The van der Waals surface area contributed by atoms with E-state index in [1.54, 1.807) is 6.08 Å². The van der Waals surface area contributed by atoms with Gasteiger partial charge in [-0.25, -0.2) is 8.42 Å². The molecule has 0 spiro atoms. The smallest absolute Gasteiger partial charge is 0.341 e. The molecule has 2 aromatic rings. The van der Waals surface area contributed by atoms with Gasteiger partial charge in [-0.2, -0.15) is 13.2 Å². The summed E-state index contributed by atoms with van der Waals surface area (Å²) in [6.07, 6.45) is 0.271. The predicted octanol–water partition coefficient (Wildman–Crippen LogP) is 4.04. The van der Waals surface area contributed by atoms with E-state index >= 15 is 0 Å². The maximum absolute atomic E-state index is 12.8. The molecule has 1 heterocycles. The molecule has 0 radical (unpaired) electrons. The van der Waals surface area contributed by atoms with Crippen molar-refractivity contribution >= 4 is 22.3 Å². The van der Waals surface area contributed by atoms with Crippen LogP contribution in [0.5, 0.6) is 0 Å². The van der Waals surface area contributed by atoms with Crippen LogP contribution in [0.3, 0.4) is 0 Å². The minimum absolute atomic E-state index is 0.213. The zero-order chi connectivity index (χ0) is 19.4. The highest BCUT2D eigenvalue weighted by atomic mass is 32.2. The van der Waals surface area contributed by atoms with E-state index in [0.717, 1.165) is 29.8 Å². The molecular weight excluding hydrogens is 377 g/mol. The second-order valence-electron chi connectivity index (χ2n) is 6.38. The fourth-order valence-corrected chi connectivity index (χ4v) is 3.51. The minimum atomic E-state index is -4.36. The van der Waals surface area contributed by atoms with Gasteiger partial charge in [-0.3, -0.25) is 4.72 Å². The van der Waals surface area contributed by atoms with Crippen LogP contribution < -0.4 is 9.62 Å². The van der Waals surface area contributed by atoms with Gasteiger partial charge in [-0.1, -0.05) is 24.3 Å². The second-order valence-corrected chi connectivity index (χ2v) is 7.15. The summed E-state index contributed by atoms with van der Waals surface area (Å²) in [7, 11) is -2.67. The molecule has 1 aliphatic rings. The molecule has 1 N–H and O–H groups in total. The Balaban J connectivity index is 1.83. The molecule has 0 fully saturated rings. The van der Waals surface area contributed by atoms with Gasteiger partial charge in [0.05, 0.1) is 5.56 Å². The fraction of sp³-hybridized carbons (Fsp3) is 0.263. The van der Waals surface area contributed by atoms with Crippen molar-refractivity contribution < 1.29 is 21.6 Å². The number of anilines is 2. The van der Waals surface area contributed by atoms with Gasteiger partial charge in [-0.15, -0.1) is 0 Å². The molecule has 1 aliphatic heterocycles. The number of halogens is 3. The van der Waals surface area contributed by atoms with E-state index in [1.165, 1.54) is 18.3 Å². The van der Waals surface area contributed by atoms with E-state index in [9.17, 15) is 21.6 Å². The maximum Gasteiger partial charge on any atom is 0.416 e. The van der Waals surface area contributed by atoms with Crippen LogP contribution in [0.1, 0.15) is 17.5 Å². The lowest BCUT2D eigenvalue weighted by Crippen LogP contribution is -2.31. The lowest BCUT2D eigenvalue weighted by Gasteiger charge is -2.36. The summed E-state index contributed by atoms with van der Waals surface area (Å²) in [5, 5.41) is 0. The van der Waals surface area contributed by atoms with Crippen LogP contribution in [0.25, 0.3) is 0 Å². The summed E-state index contributed by atoms with van der Waals surface area (Å²) in [6.45, 7) is 0.635. The molecule has 0 amide bonds. The maximum atomic E-state index is 12.8. The largest absolute Gasteiger partial charge is 0.416 e. The van der Waals surface area contributed by atoms with Crippen LogP contribution in [0.4, 0.5) is 24.5 Å². The van der Waals surface area contributed by atoms with E-state index in [0.29, 0.717) is 18.7 Å². The molecule has 1 atom stereocenters. The van der Waals surface area contributed by atoms with Crippen molar-refractivity contribution in [1.82, 2.24) is 4.72 Å². The molecule has 0 aromatic heterocycles. The van der Waals surface area contributed by atoms with Crippen LogP contribution in [0.15, 0.2) is 60.8 Å². The predicted molar refractivity (Wildman–Crippen MR) is 99.3 cm³/mol. The number of allylic oxidation sites excluding steroid dienone is 1. The first-order valence-electron chi connectivity index (χ1n) is 8.43. The Morgan fingerprint density at radius 3 is 2.48 bits per heavy atom. The summed E-state index contributed by atoms with van der Waals surface area (Å²) in [5.41, 5.74) is 2.13. The molecule has 0 aliphatic carbocycles. The Bertz CT molecular complexity index is 885. The summed E-state index contributed by atoms with van der Waals surface area (Å²) in [6, 6.07) is 13.0. The number of hydrogen-bond donors (Lipinski definition) is 2. The average Bonchev–Trinajstić information content (AvgIpc) is 2.64. The molecule has 4 nitrogen and oxygen atoms in total. The van der Waals surface area contributed by atoms with E-state index in [2.05, 4.69) is 4.72 Å². The van der Waals surface area contributed by atoms with E-state index in [4.69, 9.17) is 0 Å². The number of nitrogens with zero attached hydrogens (tertiary/aromatic N) is 1. The van der Waals surface area contributed by atoms with Gasteiger partial charge in [0.1, 0.15) is 0 Å². The molecule has 27 heavy (non-hydrogen) atoms. The average molecular weight is 396 g/mol. The number of nitrogens with one attached hydrogen (secondary N) is 1. The van der Waals surface area contributed by atoms with Gasteiger partial charge in [0.2, 0.25) is 10.9 Å². The third kappa shape index (κ3) is 4.82. The van der Waals surface area contributed by atoms with Gasteiger partial charge in [0.15, 0.2) is 0 Å². The number of hydrogen-bond acceptors (Lipinski definition) is 3. The van der Waals surface area contributed by atoms with Crippen LogP contribution in [-0.4, -0.2) is 15.0 Å². The third-order valence-corrected chi connectivity index (χ3v) is 4.87. The molecule has 3 rings (SSSR count). The van der Waals surface area contributed by atoms with Crippen molar-refractivity contribution in [2.75, 3.05) is 11.4 Å². The van der Waals surface area contributed by atoms with E-state index < -0.39 is 22.6 Å². The second kappa shape index (κ2) is 8.04. The number of thiol groups is 1. The van der Waals surface area contributed by atoms with Crippen molar-refractivity contribution in [2.45, 2.75) is 19.0 Å². The van der Waals surface area contributed by atoms with Crippen LogP contribution in [0, 0.1) is 5.92 Å². The lowest BCUT2D eigenvalue weighted by atomic mass is 9.89. The summed E-state index contributed by atoms with van der Waals surface area (Å²) < 4.78 is 61.8. The van der Waals surface area contributed by atoms with Crippen molar-refractivity contribution in [2.24, 2.45) is 5.92 Å². The highest BCUT2D eigenvalue weighted by molar-refractivity contribution is 7.70. The topological polar surface area (TPSA) is 49.4 Å². The molecular formula is C19H19F3N2O2S. The highest BCUT2D eigenvalue weighted by Gasteiger charge is 2.31. The summed E-state index contributed by atoms with van der Waals surface area (Å²) >= 11 is 0. The normalized spacial score (nSPS) is 17.3. The summed E-state index contributed by atoms with van der Waals surface area (Å²) in [4.78, 5) is 2.01. The van der Waals surface area contributed by atoms with Crippen molar-refractivity contribution in [1.29, 1.82) is 0 Å². The SMILES string of the molecule is O=[SH](=O)NC=CCC1Cc2ccccc2N(c2ccc(C(F)(F)F)cc2)C1. The Kier molecular flexibility index (Phi) is 5.74. The molecule has 8 heteroatoms. The van der Waals surface area contributed by atoms with Crippen LogP contribution in [-0.2, 0) is 23.5 Å². The van der Waals surface area contributed by atoms with Crippen molar-refractivity contribution in [3.8, 4) is 0 Å². The Morgan fingerprint density at radius 2 is 1.81 bits per heavy atom. The first-order chi connectivity index (χ1) is 12.8. The van der Waals surface area contributed by atoms with E-state index in [1.807, 2.05) is 29.2 Å². The van der Waals surface area contributed by atoms with Crippen LogP contribution in [0.2, 0.25) is 0 Å². The number of rotatable bonds is 5. The quantitative estimate of drug-likeness (QED) is 0.750. The molecule has 0 bridgehead atoms. The first kappa shape index (κ1) is 19.3. The minimum Gasteiger partial charge on any atom is -0.341 e. The van der Waals surface area contributed by atoms with Gasteiger partial charge >= 0.3 is 6.18 Å². The molecule has 2 aromatic carbocycles. The van der Waals surface area contributed by atoms with Gasteiger partial charge in [-0.05, 0) is 54.7 Å². The van der Waals surface area contributed by atoms with Gasteiger partial charge in [0, 0.05) is 24.1 Å². The zero-order valence-electron chi connectivity index (χ0n) is 14.3. The monoisotopic (exact) mass is 396 g/mol. The first-order valence-corrected chi connectivity index (χ1v) is 9.60. The van der Waals surface area contributed by atoms with Gasteiger partial charge in [0.25, 0.3) is 0 Å². The van der Waals surface area contributed by atoms with Crippen molar-refractivity contribution in [3.63, 3.8) is 0 Å². The number of benzene rings is 2. The molecule has 0 saturated carbocycles. The highest BCUT2D eigenvalue weighted by Crippen LogP contribution is 2.37. The molecule has 144 valence electrons. The molecule has 1 unspecified atom stereocenters. The number of para-hydroxylation sites is 1. The Morgan fingerprint density at radius 1 is 1.11 bits per heavy atom. The van der Waals surface area contributed by atoms with Crippen LogP contribution >= 0.6 is 0 Å². The Hall–Kier alpha value is -2.48.